The number of aromatic nitrogens is 4. The lowest BCUT2D eigenvalue weighted by Gasteiger charge is -2.06. The maximum absolute atomic E-state index is 11.1. The molecule has 2 aromatic heterocycles. The van der Waals surface area contributed by atoms with Crippen LogP contribution in [-0.4, -0.2) is 43.3 Å². The molecular formula is C24H23BrCl6N4O2. The van der Waals surface area contributed by atoms with Crippen LogP contribution < -0.4 is 10.3 Å². The van der Waals surface area contributed by atoms with Gasteiger partial charge in [-0.3, -0.25) is 14.6 Å². The van der Waals surface area contributed by atoms with Crippen molar-refractivity contribution in [2.24, 2.45) is 0 Å². The number of alkyl halides is 3. The van der Waals surface area contributed by atoms with Gasteiger partial charge in [-0.15, -0.1) is 28.3 Å². The fourth-order valence-corrected chi connectivity index (χ4v) is 3.58. The van der Waals surface area contributed by atoms with E-state index in [1.807, 2.05) is 26.0 Å². The third-order valence-electron chi connectivity index (χ3n) is 4.49. The van der Waals surface area contributed by atoms with E-state index in [0.29, 0.717) is 44.3 Å². The number of aromatic amines is 1. The van der Waals surface area contributed by atoms with Crippen LogP contribution in [0.25, 0.3) is 11.4 Å². The maximum Gasteiger partial charge on any atom is 0.264 e. The lowest BCUT2D eigenvalue weighted by molar-refractivity contribution is 0.327. The first-order valence-corrected chi connectivity index (χ1v) is 14.4. The number of rotatable bonds is 6. The summed E-state index contributed by atoms with van der Waals surface area (Å²) in [6.07, 6.45) is 0. The molecule has 0 atom stereocenters. The predicted octanol–water partition coefficient (Wildman–Crippen LogP) is 8.51. The lowest BCUT2D eigenvalue weighted by atomic mass is 10.3. The molecule has 0 aliphatic carbocycles. The van der Waals surface area contributed by atoms with Gasteiger partial charge in [0.1, 0.15) is 6.61 Å². The summed E-state index contributed by atoms with van der Waals surface area (Å²) in [5.74, 6) is 1.68. The van der Waals surface area contributed by atoms with Gasteiger partial charge in [0.05, 0.1) is 37.3 Å². The van der Waals surface area contributed by atoms with Crippen molar-refractivity contribution in [1.29, 1.82) is 0 Å². The van der Waals surface area contributed by atoms with Crippen LogP contribution in [0, 0.1) is 13.8 Å². The highest BCUT2D eigenvalue weighted by Crippen LogP contribution is 2.26. The molecule has 0 saturated carbocycles. The van der Waals surface area contributed by atoms with E-state index in [2.05, 4.69) is 26.1 Å². The Balaban J connectivity index is 0.000000230. The van der Waals surface area contributed by atoms with Crippen molar-refractivity contribution >= 4 is 85.5 Å². The predicted molar refractivity (Wildman–Crippen MR) is 160 cm³/mol. The van der Waals surface area contributed by atoms with Crippen molar-refractivity contribution < 1.29 is 4.74 Å². The largest absolute Gasteiger partial charge is 0.475 e. The first kappa shape index (κ1) is 31.9. The van der Waals surface area contributed by atoms with Gasteiger partial charge in [-0.25, -0.2) is 4.68 Å². The zero-order valence-corrected chi connectivity index (χ0v) is 25.9. The van der Waals surface area contributed by atoms with Crippen LogP contribution in [0.4, 0.5) is 0 Å². The molecule has 200 valence electrons. The van der Waals surface area contributed by atoms with Crippen molar-refractivity contribution in [3.05, 3.63) is 90.4 Å². The Hall–Kier alpha value is -1.32. The summed E-state index contributed by atoms with van der Waals surface area (Å²) < 4.78 is 8.77. The van der Waals surface area contributed by atoms with Crippen molar-refractivity contribution in [3.63, 3.8) is 0 Å². The Kier molecular flexibility index (Phi) is 13.7. The van der Waals surface area contributed by atoms with E-state index in [4.69, 9.17) is 74.3 Å². The molecule has 0 aliphatic heterocycles. The summed E-state index contributed by atoms with van der Waals surface area (Å²) in [6, 6.07) is 13.9. The molecule has 0 bridgehead atoms. The molecule has 1 N–H and O–H groups in total. The smallest absolute Gasteiger partial charge is 0.264 e. The fraction of sp³-hybridized carbons (Fsp3) is 0.250. The van der Waals surface area contributed by atoms with Gasteiger partial charge in [0, 0.05) is 34.7 Å². The normalized spacial score (nSPS) is 10.3. The summed E-state index contributed by atoms with van der Waals surface area (Å²) in [5.41, 5.74) is 3.24. The molecule has 6 nitrogen and oxygen atoms in total. The Labute approximate surface area is 253 Å². The Morgan fingerprint density at radius 2 is 1.41 bits per heavy atom. The topological polar surface area (TPSA) is 64.8 Å². The van der Waals surface area contributed by atoms with E-state index < -0.39 is 0 Å². The molecule has 0 amide bonds. The number of nitrogens with one attached hydrogen (secondary N) is 1. The summed E-state index contributed by atoms with van der Waals surface area (Å²) in [4.78, 5) is 11.1. The van der Waals surface area contributed by atoms with Crippen LogP contribution in [0.3, 0.4) is 0 Å². The van der Waals surface area contributed by atoms with Crippen molar-refractivity contribution in [1.82, 2.24) is 19.6 Å². The minimum atomic E-state index is -0.140. The molecule has 0 aliphatic rings. The second-order valence-corrected chi connectivity index (χ2v) is 10.4. The fourth-order valence-electron chi connectivity index (χ4n) is 2.92. The first-order chi connectivity index (χ1) is 17.6. The minimum Gasteiger partial charge on any atom is -0.475 e. The molecule has 0 unspecified atom stereocenters. The Morgan fingerprint density at radius 1 is 0.838 bits per heavy atom. The highest BCUT2D eigenvalue weighted by Gasteiger charge is 2.09. The molecule has 2 aromatic carbocycles. The number of aryl methyl sites for hydroxylation is 2. The third-order valence-corrected chi connectivity index (χ3v) is 7.16. The highest BCUT2D eigenvalue weighted by atomic mass is 79.9. The van der Waals surface area contributed by atoms with Crippen LogP contribution in [0.2, 0.25) is 20.1 Å². The number of hydrogen-bond donors (Lipinski definition) is 1. The van der Waals surface area contributed by atoms with Crippen LogP contribution in [-0.2, 0) is 0 Å². The third kappa shape index (κ3) is 9.74. The molecule has 0 fully saturated rings. The Bertz CT molecular complexity index is 1350. The van der Waals surface area contributed by atoms with Crippen LogP contribution in [0.15, 0.2) is 53.3 Å². The van der Waals surface area contributed by atoms with Gasteiger partial charge in [-0.1, -0.05) is 62.3 Å². The molecule has 13 heteroatoms. The van der Waals surface area contributed by atoms with Gasteiger partial charge in [0.25, 0.3) is 5.56 Å². The van der Waals surface area contributed by atoms with Gasteiger partial charge in [0.2, 0.25) is 5.88 Å². The SMILES string of the molecule is Cc1cc(=O)[nH]n1-c1ccc(Cl)c(Cl)c1.Cc1cc(OCCCl)nn1-c1ccc(Cl)c(Cl)c1.ClCCBr. The molecule has 0 saturated heterocycles. The zero-order valence-electron chi connectivity index (χ0n) is 19.8. The average molecular weight is 692 g/mol. The molecular weight excluding hydrogens is 669 g/mol. The van der Waals surface area contributed by atoms with E-state index >= 15 is 0 Å². The zero-order chi connectivity index (χ0) is 27.5. The second-order valence-electron chi connectivity index (χ2n) is 7.25. The number of ether oxygens (including phenoxy) is 1. The second kappa shape index (κ2) is 15.9. The monoisotopic (exact) mass is 688 g/mol. The van der Waals surface area contributed by atoms with Gasteiger partial charge in [-0.05, 0) is 50.2 Å². The minimum absolute atomic E-state index is 0.140. The summed E-state index contributed by atoms with van der Waals surface area (Å²) in [6.45, 7) is 4.20. The van der Waals surface area contributed by atoms with Crippen molar-refractivity contribution in [2.75, 3.05) is 23.7 Å². The average Bonchev–Trinajstić information content (AvgIpc) is 3.42. The van der Waals surface area contributed by atoms with E-state index in [1.54, 1.807) is 39.7 Å². The summed E-state index contributed by atoms with van der Waals surface area (Å²) >= 11 is 37.4. The number of nitrogens with zero attached hydrogens (tertiary/aromatic N) is 3. The molecule has 2 heterocycles. The molecule has 4 rings (SSSR count). The quantitative estimate of drug-likeness (QED) is 0.206. The van der Waals surface area contributed by atoms with E-state index in [1.165, 1.54) is 6.07 Å². The van der Waals surface area contributed by atoms with E-state index in [9.17, 15) is 4.79 Å². The van der Waals surface area contributed by atoms with Gasteiger partial charge < -0.3 is 4.74 Å². The molecule has 0 spiro atoms. The molecule has 37 heavy (non-hydrogen) atoms. The summed E-state index contributed by atoms with van der Waals surface area (Å²) in [5, 5.41) is 9.85. The number of benzene rings is 2. The van der Waals surface area contributed by atoms with Gasteiger partial charge in [0.15, 0.2) is 0 Å². The Morgan fingerprint density at radius 3 is 1.89 bits per heavy atom. The van der Waals surface area contributed by atoms with Gasteiger partial charge in [-0.2, -0.15) is 0 Å². The maximum atomic E-state index is 11.1. The van der Waals surface area contributed by atoms with Crippen molar-refractivity contribution in [3.8, 4) is 17.3 Å². The standard InChI is InChI=1S/C12H11Cl3N2O.C10H8Cl2N2O.C2H4BrCl/c1-8-6-12(18-5-4-13)16-17(8)9-2-3-10(14)11(15)7-9;1-6-4-10(15)13-14(6)7-2-3-8(11)9(12)5-7;3-1-2-4/h2-3,6-7H,4-5H2,1H3;2-5H,1H3,(H,13,15);1-2H2. The lowest BCUT2D eigenvalue weighted by Crippen LogP contribution is -2.04. The van der Waals surface area contributed by atoms with Crippen LogP contribution in [0.1, 0.15) is 11.4 Å². The highest BCUT2D eigenvalue weighted by molar-refractivity contribution is 9.09. The number of hydrogen-bond acceptors (Lipinski definition) is 3. The van der Waals surface area contributed by atoms with E-state index in [0.717, 1.165) is 28.1 Å². The summed E-state index contributed by atoms with van der Waals surface area (Å²) in [7, 11) is 0. The first-order valence-electron chi connectivity index (χ1n) is 10.7. The molecule has 4 aromatic rings. The number of halogens is 7. The van der Waals surface area contributed by atoms with E-state index in [-0.39, 0.29) is 5.56 Å². The van der Waals surface area contributed by atoms with Crippen LogP contribution in [0.5, 0.6) is 5.88 Å². The van der Waals surface area contributed by atoms with Crippen LogP contribution >= 0.6 is 85.5 Å². The number of H-pyrrole nitrogens is 1. The molecule has 0 radical (unpaired) electrons. The van der Waals surface area contributed by atoms with Crippen molar-refractivity contribution in [2.45, 2.75) is 13.8 Å². The van der Waals surface area contributed by atoms with Gasteiger partial charge >= 0.3 is 0 Å².